The van der Waals surface area contributed by atoms with E-state index in [2.05, 4.69) is 25.6 Å². The summed E-state index contributed by atoms with van der Waals surface area (Å²) in [6.45, 7) is 2.38. The number of nitrogens with zero attached hydrogens (tertiary/aromatic N) is 1. The molecule has 6 heteroatoms. The lowest BCUT2D eigenvalue weighted by molar-refractivity contribution is 0.564. The van der Waals surface area contributed by atoms with Crippen molar-refractivity contribution in [1.82, 2.24) is 9.71 Å². The molecule has 2 aromatic rings. The van der Waals surface area contributed by atoms with Crippen LogP contribution in [0.3, 0.4) is 0 Å². The summed E-state index contributed by atoms with van der Waals surface area (Å²) in [7, 11) is -3.50. The van der Waals surface area contributed by atoms with Gasteiger partial charge in [-0.15, -0.1) is 0 Å². The second-order valence-corrected chi connectivity index (χ2v) is 6.82. The topological polar surface area (TPSA) is 59.1 Å². The van der Waals surface area contributed by atoms with E-state index in [9.17, 15) is 8.42 Å². The van der Waals surface area contributed by atoms with E-state index in [0.29, 0.717) is 17.4 Å². The Kier molecular flexibility index (Phi) is 4.54. The van der Waals surface area contributed by atoms with Crippen molar-refractivity contribution in [2.75, 3.05) is 11.9 Å². The lowest BCUT2D eigenvalue weighted by Gasteiger charge is -2.11. The van der Waals surface area contributed by atoms with E-state index < -0.39 is 10.0 Å². The van der Waals surface area contributed by atoms with Crippen LogP contribution in [0.5, 0.6) is 0 Å². The summed E-state index contributed by atoms with van der Waals surface area (Å²) in [4.78, 5) is 4.44. The van der Waals surface area contributed by atoms with Gasteiger partial charge in [0.1, 0.15) is 0 Å². The normalized spacial score (nSPS) is 13.6. The molecule has 2 rings (SSSR count). The van der Waals surface area contributed by atoms with Gasteiger partial charge in [-0.25, -0.2) is 13.1 Å². The summed E-state index contributed by atoms with van der Waals surface area (Å²) in [5, 5.41) is 1.40. The smallest absolute Gasteiger partial charge is 0.241 e. The molecule has 0 amide bonds. The van der Waals surface area contributed by atoms with E-state index in [4.69, 9.17) is 0 Å². The van der Waals surface area contributed by atoms with Crippen molar-refractivity contribution in [2.24, 2.45) is 5.92 Å². The van der Waals surface area contributed by atoms with Crippen LogP contribution in [0.2, 0.25) is 0 Å². The lowest BCUT2D eigenvalue weighted by atomic mass is 10.2. The van der Waals surface area contributed by atoms with Gasteiger partial charge in [0.15, 0.2) is 0 Å². The number of sulfonamides is 1. The van der Waals surface area contributed by atoms with Gasteiger partial charge in [0, 0.05) is 23.5 Å². The fraction of sp³-hybridized carbons (Fsp3) is 0.308. The van der Waals surface area contributed by atoms with Crippen molar-refractivity contribution >= 4 is 36.9 Å². The quantitative estimate of drug-likeness (QED) is 0.849. The molecule has 1 aromatic carbocycles. The van der Waals surface area contributed by atoms with Crippen LogP contribution >= 0.6 is 15.9 Å². The van der Waals surface area contributed by atoms with Crippen molar-refractivity contribution < 1.29 is 8.42 Å². The van der Waals surface area contributed by atoms with Gasteiger partial charge < -0.3 is 0 Å². The van der Waals surface area contributed by atoms with Gasteiger partial charge in [0.2, 0.25) is 10.0 Å². The third-order valence-corrected chi connectivity index (χ3v) is 5.37. The highest BCUT2D eigenvalue weighted by Gasteiger charge is 2.17. The first kappa shape index (κ1) is 14.4. The van der Waals surface area contributed by atoms with Crippen LogP contribution in [-0.2, 0) is 10.0 Å². The standard InChI is InChI=1S/C13H15BrN2O2S/c1-10(8-14)9-16-19(17,18)13-6-2-5-12-11(13)4-3-7-15-12/h2-7,10,16H,8-9H2,1H3. The van der Waals surface area contributed by atoms with Gasteiger partial charge >= 0.3 is 0 Å². The fourth-order valence-electron chi connectivity index (χ4n) is 1.69. The van der Waals surface area contributed by atoms with E-state index in [1.165, 1.54) is 0 Å². The van der Waals surface area contributed by atoms with E-state index in [0.717, 1.165) is 5.33 Å². The number of hydrogen-bond donors (Lipinski definition) is 1. The van der Waals surface area contributed by atoms with Gasteiger partial charge in [0.05, 0.1) is 10.4 Å². The van der Waals surface area contributed by atoms with E-state index in [1.54, 1.807) is 36.5 Å². The number of fused-ring (bicyclic) bond motifs is 1. The Morgan fingerprint density at radius 3 is 2.84 bits per heavy atom. The molecule has 0 fully saturated rings. The molecule has 0 saturated heterocycles. The van der Waals surface area contributed by atoms with Gasteiger partial charge in [-0.1, -0.05) is 28.9 Å². The maximum atomic E-state index is 12.3. The Bertz CT molecular complexity index is 668. The third-order valence-electron chi connectivity index (χ3n) is 2.78. The van der Waals surface area contributed by atoms with Crippen molar-refractivity contribution in [3.63, 3.8) is 0 Å². The van der Waals surface area contributed by atoms with Crippen LogP contribution in [0.15, 0.2) is 41.4 Å². The minimum atomic E-state index is -3.50. The summed E-state index contributed by atoms with van der Waals surface area (Å²) < 4.78 is 27.3. The van der Waals surface area contributed by atoms with Gasteiger partial charge in [0.25, 0.3) is 0 Å². The summed E-state index contributed by atoms with van der Waals surface area (Å²) in [6.07, 6.45) is 1.65. The molecule has 19 heavy (non-hydrogen) atoms. The van der Waals surface area contributed by atoms with Crippen LogP contribution in [0.1, 0.15) is 6.92 Å². The average Bonchev–Trinajstić information content (AvgIpc) is 2.44. The van der Waals surface area contributed by atoms with Crippen molar-refractivity contribution in [3.8, 4) is 0 Å². The number of alkyl halides is 1. The molecule has 102 valence electrons. The molecule has 1 aromatic heterocycles. The van der Waals surface area contributed by atoms with Gasteiger partial charge in [-0.2, -0.15) is 0 Å². The third kappa shape index (κ3) is 3.32. The number of hydrogen-bond acceptors (Lipinski definition) is 3. The molecule has 0 aliphatic rings. The number of aromatic nitrogens is 1. The largest absolute Gasteiger partial charge is 0.256 e. The number of nitrogens with one attached hydrogen (secondary N) is 1. The summed E-state index contributed by atoms with van der Waals surface area (Å²) in [5.74, 6) is 0.239. The summed E-state index contributed by atoms with van der Waals surface area (Å²) in [6, 6.07) is 8.62. The number of benzene rings is 1. The molecular weight excluding hydrogens is 328 g/mol. The van der Waals surface area contributed by atoms with Crippen molar-refractivity contribution in [1.29, 1.82) is 0 Å². The van der Waals surface area contributed by atoms with E-state index in [1.807, 2.05) is 6.92 Å². The molecule has 0 aliphatic heterocycles. The first-order valence-corrected chi connectivity index (χ1v) is 8.54. The van der Waals surface area contributed by atoms with Gasteiger partial charge in [-0.05, 0) is 30.2 Å². The minimum Gasteiger partial charge on any atom is -0.256 e. The maximum Gasteiger partial charge on any atom is 0.241 e. The maximum absolute atomic E-state index is 12.3. The molecule has 0 aliphatic carbocycles. The van der Waals surface area contributed by atoms with Crippen LogP contribution < -0.4 is 4.72 Å². The summed E-state index contributed by atoms with van der Waals surface area (Å²) in [5.41, 5.74) is 0.680. The fourth-order valence-corrected chi connectivity index (χ4v) is 3.30. The molecule has 4 nitrogen and oxygen atoms in total. The Balaban J connectivity index is 2.38. The Morgan fingerprint density at radius 1 is 1.32 bits per heavy atom. The number of halogens is 1. The first-order chi connectivity index (χ1) is 9.04. The zero-order valence-corrected chi connectivity index (χ0v) is 12.9. The number of pyridine rings is 1. The second kappa shape index (κ2) is 5.98. The predicted octanol–water partition coefficient (Wildman–Crippen LogP) is 2.54. The molecule has 1 atom stereocenters. The highest BCUT2D eigenvalue weighted by molar-refractivity contribution is 9.09. The zero-order chi connectivity index (χ0) is 13.9. The number of rotatable bonds is 5. The van der Waals surface area contributed by atoms with Crippen LogP contribution in [0.25, 0.3) is 10.9 Å². The van der Waals surface area contributed by atoms with Crippen molar-refractivity contribution in [3.05, 3.63) is 36.5 Å². The lowest BCUT2D eigenvalue weighted by Crippen LogP contribution is -2.29. The highest BCUT2D eigenvalue weighted by Crippen LogP contribution is 2.21. The van der Waals surface area contributed by atoms with Crippen LogP contribution in [0.4, 0.5) is 0 Å². The molecule has 0 spiro atoms. The minimum absolute atomic E-state index is 0.239. The summed E-state index contributed by atoms with van der Waals surface area (Å²) >= 11 is 3.33. The molecular formula is C13H15BrN2O2S. The molecule has 1 N–H and O–H groups in total. The van der Waals surface area contributed by atoms with Gasteiger partial charge in [-0.3, -0.25) is 4.98 Å². The van der Waals surface area contributed by atoms with Crippen LogP contribution in [-0.4, -0.2) is 25.3 Å². The van der Waals surface area contributed by atoms with Crippen LogP contribution in [0, 0.1) is 5.92 Å². The predicted molar refractivity (Wildman–Crippen MR) is 79.9 cm³/mol. The monoisotopic (exact) mass is 342 g/mol. The highest BCUT2D eigenvalue weighted by atomic mass is 79.9. The van der Waals surface area contributed by atoms with E-state index >= 15 is 0 Å². The molecule has 0 radical (unpaired) electrons. The molecule has 0 saturated carbocycles. The molecule has 1 unspecified atom stereocenters. The first-order valence-electron chi connectivity index (χ1n) is 5.94. The zero-order valence-electron chi connectivity index (χ0n) is 10.5. The Morgan fingerprint density at radius 2 is 2.11 bits per heavy atom. The average molecular weight is 343 g/mol. The molecule has 0 bridgehead atoms. The second-order valence-electron chi connectivity index (χ2n) is 4.44. The SMILES string of the molecule is CC(CBr)CNS(=O)(=O)c1cccc2ncccc12. The van der Waals surface area contributed by atoms with Crippen molar-refractivity contribution in [2.45, 2.75) is 11.8 Å². The van der Waals surface area contributed by atoms with E-state index in [-0.39, 0.29) is 10.8 Å². The Labute approximate surface area is 121 Å². The molecule has 1 heterocycles. The Hall–Kier alpha value is -0.980.